The Labute approximate surface area is 97.3 Å². The number of rotatable bonds is 2. The lowest BCUT2D eigenvalue weighted by atomic mass is 10.1. The standard InChI is InChI=1S/C11H12O2S2/c1-11(10(12)13-2)6-5-9(15-11)8-4-3-7-14-8/h3-7,9H,1-2H3. The molecule has 0 N–H and O–H groups in total. The van der Waals surface area contributed by atoms with Crippen LogP contribution in [-0.4, -0.2) is 17.8 Å². The molecule has 15 heavy (non-hydrogen) atoms. The predicted octanol–water partition coefficient (Wildman–Crippen LogP) is 3.02. The molecule has 1 aliphatic heterocycles. The van der Waals surface area contributed by atoms with Gasteiger partial charge in [-0.2, -0.15) is 0 Å². The van der Waals surface area contributed by atoms with Gasteiger partial charge in [-0.3, -0.25) is 4.79 Å². The van der Waals surface area contributed by atoms with Crippen LogP contribution in [0.25, 0.3) is 0 Å². The van der Waals surface area contributed by atoms with Crippen LogP contribution in [0.5, 0.6) is 0 Å². The molecule has 2 atom stereocenters. The molecule has 0 spiro atoms. The van der Waals surface area contributed by atoms with Crippen molar-refractivity contribution in [1.29, 1.82) is 0 Å². The van der Waals surface area contributed by atoms with E-state index in [0.717, 1.165) is 0 Å². The lowest BCUT2D eigenvalue weighted by Gasteiger charge is -2.19. The molecule has 0 aliphatic carbocycles. The van der Waals surface area contributed by atoms with Gasteiger partial charge in [-0.15, -0.1) is 23.1 Å². The molecular weight excluding hydrogens is 228 g/mol. The van der Waals surface area contributed by atoms with Gasteiger partial charge >= 0.3 is 5.97 Å². The number of thioether (sulfide) groups is 1. The Hall–Kier alpha value is -0.740. The maximum Gasteiger partial charge on any atom is 0.325 e. The Bertz CT molecular complexity index is 383. The topological polar surface area (TPSA) is 26.3 Å². The zero-order chi connectivity index (χ0) is 10.9. The first-order chi connectivity index (χ1) is 7.15. The second-order valence-corrected chi connectivity index (χ2v) is 6.08. The first kappa shape index (κ1) is 10.8. The highest BCUT2D eigenvalue weighted by Crippen LogP contribution is 2.48. The fraction of sp³-hybridized carbons (Fsp3) is 0.364. The summed E-state index contributed by atoms with van der Waals surface area (Å²) in [6.07, 6.45) is 4.02. The molecule has 0 aromatic carbocycles. The van der Waals surface area contributed by atoms with Gasteiger partial charge in [-0.25, -0.2) is 0 Å². The monoisotopic (exact) mass is 240 g/mol. The maximum absolute atomic E-state index is 11.6. The molecule has 80 valence electrons. The molecule has 0 radical (unpaired) electrons. The molecular formula is C11H12O2S2. The maximum atomic E-state index is 11.6. The minimum Gasteiger partial charge on any atom is -0.468 e. The summed E-state index contributed by atoms with van der Waals surface area (Å²) in [5.41, 5.74) is 0. The van der Waals surface area contributed by atoms with Crippen LogP contribution in [-0.2, 0) is 9.53 Å². The number of carbonyl (C=O) groups excluding carboxylic acids is 1. The summed E-state index contributed by atoms with van der Waals surface area (Å²) in [5.74, 6) is -0.178. The van der Waals surface area contributed by atoms with Gasteiger partial charge in [0.2, 0.25) is 0 Å². The van der Waals surface area contributed by atoms with E-state index in [0.29, 0.717) is 0 Å². The zero-order valence-electron chi connectivity index (χ0n) is 8.60. The van der Waals surface area contributed by atoms with Crippen molar-refractivity contribution < 1.29 is 9.53 Å². The van der Waals surface area contributed by atoms with Crippen molar-refractivity contribution in [1.82, 2.24) is 0 Å². The second kappa shape index (κ2) is 4.02. The fourth-order valence-corrected chi connectivity index (χ4v) is 3.75. The van der Waals surface area contributed by atoms with Crippen LogP contribution < -0.4 is 0 Å². The van der Waals surface area contributed by atoms with Crippen LogP contribution in [0.2, 0.25) is 0 Å². The van der Waals surface area contributed by atoms with Gasteiger partial charge in [-0.1, -0.05) is 18.2 Å². The SMILES string of the molecule is COC(=O)C1(C)C=CC(c2cccs2)S1. The third kappa shape index (κ3) is 1.96. The number of hydrogen-bond acceptors (Lipinski definition) is 4. The number of esters is 1. The minimum absolute atomic E-state index is 0.178. The van der Waals surface area contributed by atoms with E-state index in [1.807, 2.05) is 19.1 Å². The number of thiophene rings is 1. The summed E-state index contributed by atoms with van der Waals surface area (Å²) < 4.78 is 4.27. The number of carbonyl (C=O) groups is 1. The number of hydrogen-bond donors (Lipinski definition) is 0. The van der Waals surface area contributed by atoms with Crippen molar-refractivity contribution in [3.63, 3.8) is 0 Å². The van der Waals surface area contributed by atoms with Crippen molar-refractivity contribution in [2.45, 2.75) is 16.9 Å². The highest BCUT2D eigenvalue weighted by molar-refractivity contribution is 8.02. The van der Waals surface area contributed by atoms with Crippen LogP contribution in [0.3, 0.4) is 0 Å². The van der Waals surface area contributed by atoms with E-state index in [1.165, 1.54) is 12.0 Å². The average molecular weight is 240 g/mol. The molecule has 2 nitrogen and oxygen atoms in total. The highest BCUT2D eigenvalue weighted by Gasteiger charge is 2.39. The molecule has 1 aromatic rings. The Morgan fingerprint density at radius 1 is 1.60 bits per heavy atom. The van der Waals surface area contributed by atoms with Crippen LogP contribution in [0.15, 0.2) is 29.7 Å². The molecule has 2 rings (SSSR count). The van der Waals surface area contributed by atoms with E-state index in [9.17, 15) is 4.79 Å². The third-order valence-electron chi connectivity index (χ3n) is 2.38. The van der Waals surface area contributed by atoms with Crippen LogP contribution in [0.4, 0.5) is 0 Å². The molecule has 0 bridgehead atoms. The van der Waals surface area contributed by atoms with Gasteiger partial charge in [0.15, 0.2) is 0 Å². The lowest BCUT2D eigenvalue weighted by Crippen LogP contribution is -2.28. The van der Waals surface area contributed by atoms with E-state index in [2.05, 4.69) is 17.5 Å². The van der Waals surface area contributed by atoms with Gasteiger partial charge in [0.05, 0.1) is 12.4 Å². The predicted molar refractivity (Wildman–Crippen MR) is 64.2 cm³/mol. The van der Waals surface area contributed by atoms with E-state index in [4.69, 9.17) is 4.74 Å². The third-order valence-corrected chi connectivity index (χ3v) is 4.94. The van der Waals surface area contributed by atoms with Gasteiger partial charge in [0.1, 0.15) is 4.75 Å². The largest absolute Gasteiger partial charge is 0.468 e. The summed E-state index contributed by atoms with van der Waals surface area (Å²) in [6, 6.07) is 4.12. The first-order valence-electron chi connectivity index (χ1n) is 4.65. The summed E-state index contributed by atoms with van der Waals surface area (Å²) in [5, 5.41) is 2.34. The molecule has 2 unspecified atom stereocenters. The summed E-state index contributed by atoms with van der Waals surface area (Å²) >= 11 is 3.34. The zero-order valence-corrected chi connectivity index (χ0v) is 10.2. The Morgan fingerprint density at radius 2 is 2.40 bits per heavy atom. The van der Waals surface area contributed by atoms with E-state index < -0.39 is 4.75 Å². The van der Waals surface area contributed by atoms with Crippen LogP contribution in [0, 0.1) is 0 Å². The molecule has 0 fully saturated rings. The molecule has 1 aliphatic rings. The Balaban J connectivity index is 2.14. The average Bonchev–Trinajstić information content (AvgIpc) is 2.85. The van der Waals surface area contributed by atoms with Crippen molar-refractivity contribution in [2.75, 3.05) is 7.11 Å². The van der Waals surface area contributed by atoms with Crippen LogP contribution >= 0.6 is 23.1 Å². The Morgan fingerprint density at radius 3 is 3.00 bits per heavy atom. The van der Waals surface area contributed by atoms with Gasteiger partial charge in [-0.05, 0) is 18.4 Å². The second-order valence-electron chi connectivity index (χ2n) is 3.51. The molecule has 2 heterocycles. The molecule has 1 aromatic heterocycles. The summed E-state index contributed by atoms with van der Waals surface area (Å²) in [7, 11) is 1.43. The normalized spacial score (nSPS) is 29.3. The first-order valence-corrected chi connectivity index (χ1v) is 6.40. The van der Waals surface area contributed by atoms with E-state index in [1.54, 1.807) is 23.1 Å². The molecule has 4 heteroatoms. The van der Waals surface area contributed by atoms with Gasteiger partial charge < -0.3 is 4.74 Å². The van der Waals surface area contributed by atoms with E-state index in [-0.39, 0.29) is 11.2 Å². The summed E-state index contributed by atoms with van der Waals surface area (Å²) in [6.45, 7) is 1.90. The molecule has 0 saturated carbocycles. The number of methoxy groups -OCH3 is 1. The quantitative estimate of drug-likeness (QED) is 0.587. The smallest absolute Gasteiger partial charge is 0.325 e. The number of ether oxygens (including phenoxy) is 1. The lowest BCUT2D eigenvalue weighted by molar-refractivity contribution is -0.141. The van der Waals surface area contributed by atoms with Crippen molar-refractivity contribution >= 4 is 29.1 Å². The molecule has 0 saturated heterocycles. The highest BCUT2D eigenvalue weighted by atomic mass is 32.2. The van der Waals surface area contributed by atoms with Gasteiger partial charge in [0.25, 0.3) is 0 Å². The van der Waals surface area contributed by atoms with Gasteiger partial charge in [0, 0.05) is 4.88 Å². The fourth-order valence-electron chi connectivity index (χ4n) is 1.54. The molecule has 0 amide bonds. The van der Waals surface area contributed by atoms with Crippen LogP contribution in [0.1, 0.15) is 17.1 Å². The Kier molecular flexibility index (Phi) is 2.89. The van der Waals surface area contributed by atoms with Crippen molar-refractivity contribution in [3.8, 4) is 0 Å². The van der Waals surface area contributed by atoms with Crippen molar-refractivity contribution in [3.05, 3.63) is 34.5 Å². The minimum atomic E-state index is -0.524. The van der Waals surface area contributed by atoms with Crippen molar-refractivity contribution in [2.24, 2.45) is 0 Å². The summed E-state index contributed by atoms with van der Waals surface area (Å²) in [4.78, 5) is 12.8. The van der Waals surface area contributed by atoms with E-state index >= 15 is 0 Å².